The summed E-state index contributed by atoms with van der Waals surface area (Å²) in [5, 5.41) is 0.702. The van der Waals surface area contributed by atoms with Gasteiger partial charge in [-0.25, -0.2) is 0 Å². The second-order valence-electron chi connectivity index (χ2n) is 4.48. The largest absolute Gasteiger partial charge is 0.387 e. The highest BCUT2D eigenvalue weighted by Gasteiger charge is 2.16. The minimum absolute atomic E-state index is 0.586. The van der Waals surface area contributed by atoms with E-state index in [1.165, 1.54) is 32.1 Å². The SMILES string of the molecule is CSC(C)CCN=C(N)C1CCCCC1. The van der Waals surface area contributed by atoms with Gasteiger partial charge in [0.25, 0.3) is 0 Å². The lowest BCUT2D eigenvalue weighted by Crippen LogP contribution is -2.26. The van der Waals surface area contributed by atoms with E-state index in [1.807, 2.05) is 11.8 Å². The van der Waals surface area contributed by atoms with Gasteiger partial charge in [0, 0.05) is 17.7 Å². The van der Waals surface area contributed by atoms with Crippen LogP contribution in [0.3, 0.4) is 0 Å². The maximum absolute atomic E-state index is 6.02. The number of rotatable bonds is 5. The van der Waals surface area contributed by atoms with E-state index in [4.69, 9.17) is 5.73 Å². The van der Waals surface area contributed by atoms with Gasteiger partial charge >= 0.3 is 0 Å². The first-order chi connectivity index (χ1) is 7.24. The quantitative estimate of drug-likeness (QED) is 0.580. The van der Waals surface area contributed by atoms with Gasteiger partial charge in [-0.3, -0.25) is 4.99 Å². The second-order valence-corrected chi connectivity index (χ2v) is 5.75. The number of thioether (sulfide) groups is 1. The first-order valence-electron chi connectivity index (χ1n) is 6.06. The molecule has 1 rings (SSSR count). The van der Waals surface area contributed by atoms with Crippen LogP contribution in [0.25, 0.3) is 0 Å². The number of aliphatic imine (C=N–C) groups is 1. The Morgan fingerprint density at radius 3 is 2.67 bits per heavy atom. The van der Waals surface area contributed by atoms with Gasteiger partial charge in [0.1, 0.15) is 0 Å². The molecule has 1 aliphatic carbocycles. The normalized spacial score (nSPS) is 21.6. The molecule has 0 spiro atoms. The second kappa shape index (κ2) is 7.15. The van der Waals surface area contributed by atoms with Crippen LogP contribution < -0.4 is 5.73 Å². The first-order valence-corrected chi connectivity index (χ1v) is 7.35. The van der Waals surface area contributed by atoms with Gasteiger partial charge in [0.05, 0.1) is 5.84 Å². The molecule has 1 unspecified atom stereocenters. The Balaban J connectivity index is 2.25. The fourth-order valence-corrected chi connectivity index (χ4v) is 2.36. The molecule has 0 aromatic rings. The molecule has 1 fully saturated rings. The average molecular weight is 228 g/mol. The highest BCUT2D eigenvalue weighted by Crippen LogP contribution is 2.23. The van der Waals surface area contributed by atoms with E-state index in [1.54, 1.807) is 0 Å². The minimum Gasteiger partial charge on any atom is -0.387 e. The van der Waals surface area contributed by atoms with Gasteiger partial charge in [-0.15, -0.1) is 0 Å². The van der Waals surface area contributed by atoms with Gasteiger partial charge in [-0.05, 0) is 25.5 Å². The summed E-state index contributed by atoms with van der Waals surface area (Å²) in [4.78, 5) is 4.52. The van der Waals surface area contributed by atoms with E-state index in [0.29, 0.717) is 11.2 Å². The van der Waals surface area contributed by atoms with Crippen LogP contribution in [-0.2, 0) is 0 Å². The highest BCUT2D eigenvalue weighted by atomic mass is 32.2. The molecule has 0 amide bonds. The number of hydrogen-bond acceptors (Lipinski definition) is 2. The van der Waals surface area contributed by atoms with Crippen molar-refractivity contribution in [1.82, 2.24) is 0 Å². The standard InChI is InChI=1S/C12H24N2S/c1-10(15-2)8-9-14-12(13)11-6-4-3-5-7-11/h10-11H,3-9H2,1-2H3,(H2,13,14). The van der Waals surface area contributed by atoms with Crippen LogP contribution >= 0.6 is 11.8 Å². The molecular weight excluding hydrogens is 204 g/mol. The summed E-state index contributed by atoms with van der Waals surface area (Å²) in [6, 6.07) is 0. The van der Waals surface area contributed by atoms with Crippen molar-refractivity contribution in [2.24, 2.45) is 16.6 Å². The molecule has 1 saturated carbocycles. The third kappa shape index (κ3) is 4.92. The maximum Gasteiger partial charge on any atom is 0.0968 e. The van der Waals surface area contributed by atoms with Crippen LogP contribution in [0.4, 0.5) is 0 Å². The number of hydrogen-bond donors (Lipinski definition) is 1. The van der Waals surface area contributed by atoms with E-state index in [0.717, 1.165) is 18.8 Å². The summed E-state index contributed by atoms with van der Waals surface area (Å²) < 4.78 is 0. The Kier molecular flexibility index (Phi) is 6.15. The van der Waals surface area contributed by atoms with E-state index in [2.05, 4.69) is 18.2 Å². The van der Waals surface area contributed by atoms with Crippen molar-refractivity contribution in [3.63, 3.8) is 0 Å². The van der Waals surface area contributed by atoms with Gasteiger partial charge in [-0.2, -0.15) is 11.8 Å². The van der Waals surface area contributed by atoms with Crippen LogP contribution in [0.15, 0.2) is 4.99 Å². The molecule has 0 aromatic heterocycles. The predicted molar refractivity (Wildman–Crippen MR) is 70.7 cm³/mol. The molecule has 2 N–H and O–H groups in total. The Morgan fingerprint density at radius 1 is 1.40 bits per heavy atom. The smallest absolute Gasteiger partial charge is 0.0968 e. The zero-order valence-corrected chi connectivity index (χ0v) is 10.9. The monoisotopic (exact) mass is 228 g/mol. The van der Waals surface area contributed by atoms with Gasteiger partial charge in [0.2, 0.25) is 0 Å². The van der Waals surface area contributed by atoms with Crippen molar-refractivity contribution in [3.05, 3.63) is 0 Å². The molecule has 1 atom stereocenters. The van der Waals surface area contributed by atoms with Crippen LogP contribution in [0.5, 0.6) is 0 Å². The lowest BCUT2D eigenvalue weighted by molar-refractivity contribution is 0.436. The summed E-state index contributed by atoms with van der Waals surface area (Å²) in [5.74, 6) is 1.51. The molecule has 3 heteroatoms. The number of nitrogens with two attached hydrogens (primary N) is 1. The van der Waals surface area contributed by atoms with E-state index >= 15 is 0 Å². The minimum atomic E-state index is 0.586. The van der Waals surface area contributed by atoms with Crippen LogP contribution in [-0.4, -0.2) is 23.9 Å². The van der Waals surface area contributed by atoms with E-state index in [9.17, 15) is 0 Å². The van der Waals surface area contributed by atoms with E-state index < -0.39 is 0 Å². The predicted octanol–water partition coefficient (Wildman–Crippen LogP) is 3.07. The Labute approximate surface area is 98.1 Å². The third-order valence-electron chi connectivity index (χ3n) is 3.26. The van der Waals surface area contributed by atoms with Gasteiger partial charge in [-0.1, -0.05) is 26.2 Å². The molecule has 0 radical (unpaired) electrons. The van der Waals surface area contributed by atoms with E-state index in [-0.39, 0.29) is 0 Å². The Bertz CT molecular complexity index is 198. The van der Waals surface area contributed by atoms with Crippen molar-refractivity contribution in [2.75, 3.05) is 12.8 Å². The average Bonchev–Trinajstić information content (AvgIpc) is 2.29. The molecule has 0 heterocycles. The van der Waals surface area contributed by atoms with Crippen LogP contribution in [0.1, 0.15) is 45.4 Å². The Hall–Kier alpha value is -0.180. The number of nitrogens with zero attached hydrogens (tertiary/aromatic N) is 1. The zero-order chi connectivity index (χ0) is 11.1. The fraction of sp³-hybridized carbons (Fsp3) is 0.917. The van der Waals surface area contributed by atoms with Crippen molar-refractivity contribution in [2.45, 2.75) is 50.7 Å². The van der Waals surface area contributed by atoms with Crippen LogP contribution in [0.2, 0.25) is 0 Å². The molecule has 0 bridgehead atoms. The lowest BCUT2D eigenvalue weighted by Gasteiger charge is -2.21. The fourth-order valence-electron chi connectivity index (χ4n) is 2.02. The lowest BCUT2D eigenvalue weighted by atomic mass is 9.88. The highest BCUT2D eigenvalue weighted by molar-refractivity contribution is 7.99. The maximum atomic E-state index is 6.02. The van der Waals surface area contributed by atoms with Crippen molar-refractivity contribution in [3.8, 4) is 0 Å². The summed E-state index contributed by atoms with van der Waals surface area (Å²) in [5.41, 5.74) is 6.02. The molecule has 0 saturated heterocycles. The summed E-state index contributed by atoms with van der Waals surface area (Å²) in [7, 11) is 0. The molecule has 0 aromatic carbocycles. The van der Waals surface area contributed by atoms with Gasteiger partial charge < -0.3 is 5.73 Å². The van der Waals surface area contributed by atoms with Crippen LogP contribution in [0, 0.1) is 5.92 Å². The summed E-state index contributed by atoms with van der Waals surface area (Å²) in [6.07, 6.45) is 9.87. The zero-order valence-electron chi connectivity index (χ0n) is 10.0. The molecule has 2 nitrogen and oxygen atoms in total. The topological polar surface area (TPSA) is 38.4 Å². The van der Waals surface area contributed by atoms with Gasteiger partial charge in [0.15, 0.2) is 0 Å². The van der Waals surface area contributed by atoms with Crippen molar-refractivity contribution in [1.29, 1.82) is 0 Å². The molecule has 1 aliphatic rings. The third-order valence-corrected chi connectivity index (χ3v) is 4.30. The summed E-state index contributed by atoms with van der Waals surface area (Å²) in [6.45, 7) is 3.15. The first kappa shape index (κ1) is 12.9. The molecular formula is C12H24N2S. The molecule has 88 valence electrons. The number of amidine groups is 1. The molecule has 15 heavy (non-hydrogen) atoms. The summed E-state index contributed by atoms with van der Waals surface area (Å²) >= 11 is 1.90. The molecule has 0 aliphatic heterocycles. The van der Waals surface area contributed by atoms with Crippen molar-refractivity contribution < 1.29 is 0 Å². The van der Waals surface area contributed by atoms with Crippen molar-refractivity contribution >= 4 is 17.6 Å². The Morgan fingerprint density at radius 2 is 2.07 bits per heavy atom.